The van der Waals surface area contributed by atoms with Crippen LogP contribution < -0.4 is 5.32 Å². The molecule has 31 heavy (non-hydrogen) atoms. The van der Waals surface area contributed by atoms with E-state index in [1.54, 1.807) is 18.5 Å². The molecule has 2 heterocycles. The summed E-state index contributed by atoms with van der Waals surface area (Å²) < 4.78 is 0. The Labute approximate surface area is 192 Å². The summed E-state index contributed by atoms with van der Waals surface area (Å²) in [7, 11) is 0. The van der Waals surface area contributed by atoms with E-state index in [0.717, 1.165) is 53.3 Å². The number of aromatic amines is 1. The van der Waals surface area contributed by atoms with Crippen molar-refractivity contribution in [1.29, 1.82) is 0 Å². The fraction of sp³-hybridized carbons (Fsp3) is 0.250. The van der Waals surface area contributed by atoms with E-state index in [1.165, 1.54) is 5.56 Å². The third-order valence-electron chi connectivity index (χ3n) is 5.45. The summed E-state index contributed by atoms with van der Waals surface area (Å²) in [6, 6.07) is 16.2. The van der Waals surface area contributed by atoms with Crippen molar-refractivity contribution in [2.45, 2.75) is 26.9 Å². The van der Waals surface area contributed by atoms with Crippen molar-refractivity contribution in [3.8, 4) is 11.3 Å². The van der Waals surface area contributed by atoms with Crippen LogP contribution in [0.15, 0.2) is 54.9 Å². The highest BCUT2D eigenvalue weighted by Crippen LogP contribution is 2.28. The van der Waals surface area contributed by atoms with E-state index < -0.39 is 0 Å². The van der Waals surface area contributed by atoms with Gasteiger partial charge in [-0.2, -0.15) is 0 Å². The molecule has 5 nitrogen and oxygen atoms in total. The zero-order valence-corrected chi connectivity index (χ0v) is 19.1. The third kappa shape index (κ3) is 5.01. The number of benzene rings is 2. The summed E-state index contributed by atoms with van der Waals surface area (Å²) in [4.78, 5) is 14.6. The van der Waals surface area contributed by atoms with Gasteiger partial charge in [-0.3, -0.25) is 4.90 Å². The van der Waals surface area contributed by atoms with Gasteiger partial charge in [-0.1, -0.05) is 61.3 Å². The summed E-state index contributed by atoms with van der Waals surface area (Å²) in [6.45, 7) is 7.96. The van der Waals surface area contributed by atoms with Crippen LogP contribution in [0.3, 0.4) is 0 Å². The van der Waals surface area contributed by atoms with Gasteiger partial charge in [-0.05, 0) is 54.0 Å². The van der Waals surface area contributed by atoms with Crippen molar-refractivity contribution >= 4 is 40.1 Å². The summed E-state index contributed by atoms with van der Waals surface area (Å²) >= 11 is 12.4. The largest absolute Gasteiger partial charge is 0.365 e. The van der Waals surface area contributed by atoms with Gasteiger partial charge in [0.15, 0.2) is 0 Å². The van der Waals surface area contributed by atoms with Gasteiger partial charge >= 0.3 is 0 Å². The molecule has 4 aromatic rings. The standard InChI is InChI=1S/C24H25Cl2N5/c1-3-31(4-2)14-16-5-7-17(8-6-16)22-12-20-23(28-15-29-24(20)30-22)27-13-18-11-19(25)9-10-21(18)26/h5-12,15H,3-4,13-14H2,1-2H3,(H2,27,28,29,30). The number of aromatic nitrogens is 3. The van der Waals surface area contributed by atoms with Crippen LogP contribution in [-0.2, 0) is 13.1 Å². The van der Waals surface area contributed by atoms with Gasteiger partial charge in [-0.15, -0.1) is 0 Å². The number of rotatable bonds is 8. The molecule has 0 aliphatic rings. The molecule has 0 aliphatic heterocycles. The minimum absolute atomic E-state index is 0.520. The highest BCUT2D eigenvalue weighted by atomic mass is 35.5. The van der Waals surface area contributed by atoms with Crippen molar-refractivity contribution in [2.24, 2.45) is 0 Å². The smallest absolute Gasteiger partial charge is 0.143 e. The predicted octanol–water partition coefficient (Wildman–Crippen LogP) is 6.39. The van der Waals surface area contributed by atoms with E-state index in [0.29, 0.717) is 16.6 Å². The first-order valence-electron chi connectivity index (χ1n) is 10.4. The molecule has 0 bridgehead atoms. The zero-order valence-electron chi connectivity index (χ0n) is 17.6. The molecule has 2 N–H and O–H groups in total. The van der Waals surface area contributed by atoms with Crippen molar-refractivity contribution < 1.29 is 0 Å². The molecule has 160 valence electrons. The number of halogens is 2. The van der Waals surface area contributed by atoms with Gasteiger partial charge in [0.1, 0.15) is 17.8 Å². The Balaban J connectivity index is 1.55. The molecule has 0 radical (unpaired) electrons. The average molecular weight is 454 g/mol. The second kappa shape index (κ2) is 9.69. The molecule has 0 atom stereocenters. The fourth-order valence-corrected chi connectivity index (χ4v) is 3.97. The van der Waals surface area contributed by atoms with E-state index >= 15 is 0 Å². The number of H-pyrrole nitrogens is 1. The van der Waals surface area contributed by atoms with Crippen molar-refractivity contribution in [2.75, 3.05) is 18.4 Å². The maximum Gasteiger partial charge on any atom is 0.143 e. The normalized spacial score (nSPS) is 11.4. The number of hydrogen-bond donors (Lipinski definition) is 2. The quantitative estimate of drug-likeness (QED) is 0.324. The van der Waals surface area contributed by atoms with E-state index in [1.807, 2.05) is 6.07 Å². The van der Waals surface area contributed by atoms with Crippen LogP contribution >= 0.6 is 23.2 Å². The minimum atomic E-state index is 0.520. The number of anilines is 1. The number of fused-ring (bicyclic) bond motifs is 1. The monoisotopic (exact) mass is 453 g/mol. The number of hydrogen-bond acceptors (Lipinski definition) is 4. The predicted molar refractivity (Wildman–Crippen MR) is 130 cm³/mol. The van der Waals surface area contributed by atoms with Crippen molar-refractivity contribution in [3.05, 3.63) is 76.0 Å². The van der Waals surface area contributed by atoms with Crippen LogP contribution in [0.25, 0.3) is 22.3 Å². The summed E-state index contributed by atoms with van der Waals surface area (Å²) in [5.41, 5.74) is 5.14. The highest BCUT2D eigenvalue weighted by Gasteiger charge is 2.11. The summed E-state index contributed by atoms with van der Waals surface area (Å²) in [6.07, 6.45) is 1.55. The van der Waals surface area contributed by atoms with E-state index in [9.17, 15) is 0 Å². The Bertz CT molecular complexity index is 1170. The van der Waals surface area contributed by atoms with E-state index in [-0.39, 0.29) is 0 Å². The second-order valence-electron chi connectivity index (χ2n) is 7.42. The molecule has 0 saturated carbocycles. The van der Waals surface area contributed by atoms with E-state index in [4.69, 9.17) is 23.2 Å². The first-order valence-corrected chi connectivity index (χ1v) is 11.2. The average Bonchev–Trinajstić information content (AvgIpc) is 3.23. The van der Waals surface area contributed by atoms with Crippen LogP contribution in [0, 0.1) is 0 Å². The molecule has 0 spiro atoms. The van der Waals surface area contributed by atoms with Gasteiger partial charge in [-0.25, -0.2) is 9.97 Å². The molecule has 0 amide bonds. The molecule has 7 heteroatoms. The first-order chi connectivity index (χ1) is 15.1. The van der Waals surface area contributed by atoms with Gasteiger partial charge in [0.2, 0.25) is 0 Å². The molecule has 2 aromatic carbocycles. The molecule has 4 rings (SSSR count). The van der Waals surface area contributed by atoms with Crippen LogP contribution in [0.1, 0.15) is 25.0 Å². The van der Waals surface area contributed by atoms with Gasteiger partial charge in [0.05, 0.1) is 5.39 Å². The lowest BCUT2D eigenvalue weighted by Gasteiger charge is -2.17. The summed E-state index contributed by atoms with van der Waals surface area (Å²) in [5, 5.41) is 5.62. The maximum absolute atomic E-state index is 6.29. The highest BCUT2D eigenvalue weighted by molar-refractivity contribution is 6.33. The SMILES string of the molecule is CCN(CC)Cc1ccc(-c2cc3c(NCc4cc(Cl)ccc4Cl)ncnc3[nH]2)cc1. The van der Waals surface area contributed by atoms with Crippen molar-refractivity contribution in [3.63, 3.8) is 0 Å². The molecule has 2 aromatic heterocycles. The zero-order chi connectivity index (χ0) is 21.8. The van der Waals surface area contributed by atoms with E-state index in [2.05, 4.69) is 69.3 Å². The Morgan fingerprint density at radius 1 is 0.968 bits per heavy atom. The molecule has 0 aliphatic carbocycles. The van der Waals surface area contributed by atoms with Crippen LogP contribution in [0.4, 0.5) is 5.82 Å². The van der Waals surface area contributed by atoms with Gasteiger partial charge < -0.3 is 10.3 Å². The van der Waals surface area contributed by atoms with Crippen LogP contribution in [-0.4, -0.2) is 32.9 Å². The first kappa shape index (κ1) is 21.6. The molecular formula is C24H25Cl2N5. The molecule has 0 unspecified atom stereocenters. The number of nitrogens with one attached hydrogen (secondary N) is 2. The number of nitrogens with zero attached hydrogens (tertiary/aromatic N) is 3. The van der Waals surface area contributed by atoms with Crippen LogP contribution in [0.5, 0.6) is 0 Å². The molecule has 0 fully saturated rings. The maximum atomic E-state index is 6.29. The Kier molecular flexibility index (Phi) is 6.76. The molecular weight excluding hydrogens is 429 g/mol. The lowest BCUT2D eigenvalue weighted by Crippen LogP contribution is -2.21. The third-order valence-corrected chi connectivity index (χ3v) is 6.05. The lowest BCUT2D eigenvalue weighted by molar-refractivity contribution is 0.296. The van der Waals surface area contributed by atoms with Gasteiger partial charge in [0.25, 0.3) is 0 Å². The second-order valence-corrected chi connectivity index (χ2v) is 8.26. The lowest BCUT2D eigenvalue weighted by atomic mass is 10.1. The molecule has 0 saturated heterocycles. The fourth-order valence-electron chi connectivity index (χ4n) is 3.59. The summed E-state index contributed by atoms with van der Waals surface area (Å²) in [5.74, 6) is 0.752. The topological polar surface area (TPSA) is 56.8 Å². The Morgan fingerprint density at radius 2 is 1.74 bits per heavy atom. The minimum Gasteiger partial charge on any atom is -0.365 e. The van der Waals surface area contributed by atoms with Gasteiger partial charge in [0, 0.05) is 28.8 Å². The van der Waals surface area contributed by atoms with Crippen molar-refractivity contribution in [1.82, 2.24) is 19.9 Å². The van der Waals surface area contributed by atoms with Crippen LogP contribution in [0.2, 0.25) is 10.0 Å². The Hall–Kier alpha value is -2.60. The Morgan fingerprint density at radius 3 is 2.48 bits per heavy atom.